The number of sulfonamides is 1. The number of aromatic nitrogens is 1. The average molecular weight is 305 g/mol. The maximum atomic E-state index is 12.5. The molecule has 19 heavy (non-hydrogen) atoms. The lowest BCUT2D eigenvalue weighted by Gasteiger charge is -2.35. The predicted octanol–water partition coefficient (Wildman–Crippen LogP) is 2.57. The minimum Gasteiger partial charge on any atom is -0.352 e. The highest BCUT2D eigenvalue weighted by Crippen LogP contribution is 2.32. The van der Waals surface area contributed by atoms with Crippen LogP contribution in [0.1, 0.15) is 32.4 Å². The summed E-state index contributed by atoms with van der Waals surface area (Å²) in [4.78, 5) is 0.352. The number of nitrogens with zero attached hydrogens (tertiary/aromatic N) is 2. The SMILES string of the molecule is Cn1cc(S(=O)(=O)N2CCC(C)(C)CC2)cc1CCl. The van der Waals surface area contributed by atoms with Crippen LogP contribution >= 0.6 is 11.6 Å². The van der Waals surface area contributed by atoms with Gasteiger partial charge in [-0.1, -0.05) is 13.8 Å². The molecule has 6 heteroatoms. The molecule has 1 saturated heterocycles. The van der Waals surface area contributed by atoms with E-state index in [4.69, 9.17) is 11.6 Å². The quantitative estimate of drug-likeness (QED) is 0.806. The zero-order valence-electron chi connectivity index (χ0n) is 11.7. The Balaban J connectivity index is 2.23. The third kappa shape index (κ3) is 2.98. The fraction of sp³-hybridized carbons (Fsp3) is 0.692. The molecule has 0 aromatic carbocycles. The minimum atomic E-state index is -3.37. The lowest BCUT2D eigenvalue weighted by Crippen LogP contribution is -2.40. The molecule has 108 valence electrons. The summed E-state index contributed by atoms with van der Waals surface area (Å²) in [6.45, 7) is 5.57. The van der Waals surface area contributed by atoms with E-state index in [0.717, 1.165) is 18.5 Å². The second kappa shape index (κ2) is 5.11. The predicted molar refractivity (Wildman–Crippen MR) is 76.7 cm³/mol. The molecule has 1 aromatic heterocycles. The molecule has 4 nitrogen and oxygen atoms in total. The van der Waals surface area contributed by atoms with Gasteiger partial charge in [0.1, 0.15) is 4.90 Å². The third-order valence-corrected chi connectivity index (χ3v) is 6.07. The first-order chi connectivity index (χ1) is 8.76. The number of halogens is 1. The van der Waals surface area contributed by atoms with Crippen molar-refractivity contribution in [3.63, 3.8) is 0 Å². The Hall–Kier alpha value is -0.520. The van der Waals surface area contributed by atoms with E-state index in [2.05, 4.69) is 13.8 Å². The molecule has 0 unspecified atom stereocenters. The van der Waals surface area contributed by atoms with Crippen molar-refractivity contribution >= 4 is 21.6 Å². The second-order valence-electron chi connectivity index (χ2n) is 5.98. The van der Waals surface area contributed by atoms with Crippen molar-refractivity contribution in [3.8, 4) is 0 Å². The summed E-state index contributed by atoms with van der Waals surface area (Å²) in [7, 11) is -1.55. The third-order valence-electron chi connectivity index (χ3n) is 3.93. The zero-order valence-corrected chi connectivity index (χ0v) is 13.3. The molecule has 1 aromatic rings. The van der Waals surface area contributed by atoms with Crippen LogP contribution in [0.15, 0.2) is 17.2 Å². The first kappa shape index (κ1) is 14.9. The number of aryl methyl sites for hydroxylation is 1. The summed E-state index contributed by atoms with van der Waals surface area (Å²) >= 11 is 5.79. The molecule has 1 aliphatic rings. The molecular weight excluding hydrogens is 284 g/mol. The lowest BCUT2D eigenvalue weighted by atomic mass is 9.83. The van der Waals surface area contributed by atoms with Crippen molar-refractivity contribution in [1.29, 1.82) is 0 Å². The summed E-state index contributed by atoms with van der Waals surface area (Å²) in [5.74, 6) is 0.319. The monoisotopic (exact) mass is 304 g/mol. The molecule has 0 atom stereocenters. The maximum absolute atomic E-state index is 12.5. The Kier molecular flexibility index (Phi) is 4.00. The van der Waals surface area contributed by atoms with Gasteiger partial charge in [0.2, 0.25) is 10.0 Å². The van der Waals surface area contributed by atoms with E-state index >= 15 is 0 Å². The summed E-state index contributed by atoms with van der Waals surface area (Å²) in [6.07, 6.45) is 3.45. The van der Waals surface area contributed by atoms with Gasteiger partial charge in [0.15, 0.2) is 0 Å². The first-order valence-corrected chi connectivity index (χ1v) is 8.45. The first-order valence-electron chi connectivity index (χ1n) is 6.48. The average Bonchev–Trinajstić information content (AvgIpc) is 2.70. The van der Waals surface area contributed by atoms with E-state index in [0.29, 0.717) is 23.9 Å². The zero-order chi connectivity index (χ0) is 14.3. The van der Waals surface area contributed by atoms with Crippen molar-refractivity contribution in [2.75, 3.05) is 13.1 Å². The molecule has 0 aliphatic carbocycles. The van der Waals surface area contributed by atoms with Gasteiger partial charge in [0.25, 0.3) is 0 Å². The molecule has 0 saturated carbocycles. The van der Waals surface area contributed by atoms with Crippen LogP contribution in [0.5, 0.6) is 0 Å². The van der Waals surface area contributed by atoms with Crippen molar-refractivity contribution in [3.05, 3.63) is 18.0 Å². The fourth-order valence-electron chi connectivity index (χ4n) is 2.33. The second-order valence-corrected chi connectivity index (χ2v) is 8.19. The Bertz CT molecular complexity index is 553. The number of hydrogen-bond donors (Lipinski definition) is 0. The van der Waals surface area contributed by atoms with E-state index in [9.17, 15) is 8.42 Å². The van der Waals surface area contributed by atoms with Crippen LogP contribution in [0, 0.1) is 5.41 Å². The number of piperidine rings is 1. The summed E-state index contributed by atoms with van der Waals surface area (Å²) < 4.78 is 28.5. The molecule has 1 fully saturated rings. The van der Waals surface area contributed by atoms with E-state index in [1.54, 1.807) is 21.1 Å². The van der Waals surface area contributed by atoms with Crippen molar-refractivity contribution in [2.45, 2.75) is 37.5 Å². The van der Waals surface area contributed by atoms with Crippen LogP contribution in [-0.2, 0) is 23.0 Å². The van der Waals surface area contributed by atoms with Crippen LogP contribution in [0.2, 0.25) is 0 Å². The van der Waals surface area contributed by atoms with Gasteiger partial charge in [-0.2, -0.15) is 4.31 Å². The smallest absolute Gasteiger partial charge is 0.244 e. The van der Waals surface area contributed by atoms with Gasteiger partial charge in [-0.15, -0.1) is 11.6 Å². The van der Waals surface area contributed by atoms with Gasteiger partial charge < -0.3 is 4.57 Å². The number of alkyl halides is 1. The molecule has 0 radical (unpaired) electrons. The highest BCUT2D eigenvalue weighted by Gasteiger charge is 2.33. The van der Waals surface area contributed by atoms with Gasteiger partial charge in [0.05, 0.1) is 5.88 Å². The molecule has 0 bridgehead atoms. The Morgan fingerprint density at radius 1 is 1.32 bits per heavy atom. The normalized spacial score (nSPS) is 20.6. The topological polar surface area (TPSA) is 42.3 Å². The Labute approximate surface area is 120 Å². The molecule has 1 aliphatic heterocycles. The molecule has 0 spiro atoms. The lowest BCUT2D eigenvalue weighted by molar-refractivity contribution is 0.196. The molecule has 2 heterocycles. The molecule has 0 amide bonds. The van der Waals surface area contributed by atoms with E-state index in [1.807, 2.05) is 7.05 Å². The molecule has 2 rings (SSSR count). The van der Waals surface area contributed by atoms with Gasteiger partial charge in [-0.3, -0.25) is 0 Å². The highest BCUT2D eigenvalue weighted by atomic mass is 35.5. The van der Waals surface area contributed by atoms with Gasteiger partial charge >= 0.3 is 0 Å². The van der Waals surface area contributed by atoms with Crippen molar-refractivity contribution in [2.24, 2.45) is 12.5 Å². The maximum Gasteiger partial charge on any atom is 0.244 e. The molecule has 0 N–H and O–H groups in total. The van der Waals surface area contributed by atoms with Gasteiger partial charge in [0, 0.05) is 32.0 Å². The van der Waals surface area contributed by atoms with Crippen molar-refractivity contribution < 1.29 is 8.42 Å². The van der Waals surface area contributed by atoms with E-state index in [-0.39, 0.29) is 5.41 Å². The van der Waals surface area contributed by atoms with Crippen LogP contribution < -0.4 is 0 Å². The largest absolute Gasteiger partial charge is 0.352 e. The van der Waals surface area contributed by atoms with Crippen LogP contribution in [0.25, 0.3) is 0 Å². The summed E-state index contributed by atoms with van der Waals surface area (Å²) in [5, 5.41) is 0. The van der Waals surface area contributed by atoms with Crippen LogP contribution in [-0.4, -0.2) is 30.4 Å². The fourth-order valence-corrected chi connectivity index (χ4v) is 4.14. The number of hydrogen-bond acceptors (Lipinski definition) is 2. The van der Waals surface area contributed by atoms with Crippen LogP contribution in [0.3, 0.4) is 0 Å². The summed E-state index contributed by atoms with van der Waals surface area (Å²) in [5.41, 5.74) is 1.06. The number of rotatable bonds is 3. The van der Waals surface area contributed by atoms with Gasteiger partial charge in [-0.25, -0.2) is 8.42 Å². The van der Waals surface area contributed by atoms with Gasteiger partial charge in [-0.05, 0) is 24.3 Å². The summed E-state index contributed by atoms with van der Waals surface area (Å²) in [6, 6.07) is 1.67. The minimum absolute atomic E-state index is 0.240. The van der Waals surface area contributed by atoms with Crippen LogP contribution in [0.4, 0.5) is 0 Å². The standard InChI is InChI=1S/C13H21ClN2O2S/c1-13(2)4-6-16(7-5-13)19(17,18)12-8-11(9-14)15(3)10-12/h8,10H,4-7,9H2,1-3H3. The van der Waals surface area contributed by atoms with E-state index < -0.39 is 10.0 Å². The Morgan fingerprint density at radius 2 is 1.89 bits per heavy atom. The van der Waals surface area contributed by atoms with Crippen molar-refractivity contribution in [1.82, 2.24) is 8.87 Å². The van der Waals surface area contributed by atoms with E-state index in [1.165, 1.54) is 0 Å². The molecular formula is C13H21ClN2O2S. The highest BCUT2D eigenvalue weighted by molar-refractivity contribution is 7.89. The Morgan fingerprint density at radius 3 is 2.37 bits per heavy atom.